The lowest BCUT2D eigenvalue weighted by Gasteiger charge is -2.16. The minimum Gasteiger partial charge on any atom is -0.492 e. The molecule has 142 valence electrons. The SMILES string of the molecule is CCC(=Cc1ccc2c(c1OC)OCO2)C(=O)c1ccc(N)c(N(C)C)c1. The van der Waals surface area contributed by atoms with Gasteiger partial charge in [0.15, 0.2) is 17.3 Å². The number of benzene rings is 2. The van der Waals surface area contributed by atoms with Crippen molar-refractivity contribution >= 4 is 23.2 Å². The number of ketones is 1. The number of carbonyl (C=O) groups excluding carboxylic acids is 1. The van der Waals surface area contributed by atoms with Gasteiger partial charge in [0.1, 0.15) is 0 Å². The van der Waals surface area contributed by atoms with Gasteiger partial charge < -0.3 is 24.8 Å². The van der Waals surface area contributed by atoms with Gasteiger partial charge in [0.25, 0.3) is 0 Å². The van der Waals surface area contributed by atoms with E-state index >= 15 is 0 Å². The van der Waals surface area contributed by atoms with E-state index in [4.69, 9.17) is 19.9 Å². The molecule has 0 saturated carbocycles. The molecule has 6 nitrogen and oxygen atoms in total. The first kappa shape index (κ1) is 18.6. The standard InChI is InChI=1S/C21H24N2O4/c1-5-13(19(24)14-6-8-16(22)17(11-14)23(2)3)10-15-7-9-18-21(20(15)25-4)27-12-26-18/h6-11H,5,12,22H2,1-4H3. The Bertz CT molecular complexity index is 903. The summed E-state index contributed by atoms with van der Waals surface area (Å²) in [6.07, 6.45) is 2.42. The van der Waals surface area contributed by atoms with Crippen LogP contribution < -0.4 is 24.8 Å². The Morgan fingerprint density at radius 1 is 1.26 bits per heavy atom. The van der Waals surface area contributed by atoms with E-state index in [1.54, 1.807) is 19.2 Å². The number of Topliss-reactive ketones (excluding diaryl/α,β-unsaturated/α-hetero) is 1. The van der Waals surface area contributed by atoms with Gasteiger partial charge in [-0.05, 0) is 42.8 Å². The maximum absolute atomic E-state index is 13.1. The molecule has 2 aromatic rings. The summed E-state index contributed by atoms with van der Waals surface area (Å²) in [7, 11) is 5.37. The topological polar surface area (TPSA) is 74.0 Å². The van der Waals surface area contributed by atoms with Gasteiger partial charge in [-0.3, -0.25) is 4.79 Å². The van der Waals surface area contributed by atoms with Crippen LogP contribution in [0.25, 0.3) is 6.08 Å². The Balaban J connectivity index is 2.00. The molecule has 0 aliphatic carbocycles. The van der Waals surface area contributed by atoms with E-state index in [0.29, 0.717) is 40.5 Å². The second kappa shape index (κ2) is 7.61. The molecule has 0 fully saturated rings. The largest absolute Gasteiger partial charge is 0.492 e. The van der Waals surface area contributed by atoms with Gasteiger partial charge in [-0.15, -0.1) is 0 Å². The van der Waals surface area contributed by atoms with Crippen LogP contribution in [0.4, 0.5) is 11.4 Å². The second-order valence-corrected chi connectivity index (χ2v) is 6.44. The van der Waals surface area contributed by atoms with E-state index in [1.807, 2.05) is 50.2 Å². The number of fused-ring (bicyclic) bond motifs is 1. The number of nitrogens with two attached hydrogens (primary N) is 1. The number of carbonyl (C=O) groups is 1. The maximum Gasteiger partial charge on any atom is 0.231 e. The molecule has 2 aromatic carbocycles. The fourth-order valence-corrected chi connectivity index (χ4v) is 3.06. The number of anilines is 2. The van der Waals surface area contributed by atoms with Crippen LogP contribution in [-0.2, 0) is 0 Å². The summed E-state index contributed by atoms with van der Waals surface area (Å²) < 4.78 is 16.4. The molecular weight excluding hydrogens is 344 g/mol. The zero-order chi connectivity index (χ0) is 19.6. The number of methoxy groups -OCH3 is 1. The Morgan fingerprint density at radius 3 is 2.70 bits per heavy atom. The van der Waals surface area contributed by atoms with Crippen LogP contribution in [0.1, 0.15) is 29.3 Å². The third-order valence-electron chi connectivity index (χ3n) is 4.51. The van der Waals surface area contributed by atoms with Crippen molar-refractivity contribution in [3.8, 4) is 17.2 Å². The van der Waals surface area contributed by atoms with Crippen LogP contribution >= 0.6 is 0 Å². The Morgan fingerprint density at radius 2 is 2.04 bits per heavy atom. The van der Waals surface area contributed by atoms with Gasteiger partial charge in [0.2, 0.25) is 12.5 Å². The summed E-state index contributed by atoms with van der Waals surface area (Å²) in [6, 6.07) is 9.02. The smallest absolute Gasteiger partial charge is 0.231 e. The fraction of sp³-hybridized carbons (Fsp3) is 0.286. The van der Waals surface area contributed by atoms with E-state index < -0.39 is 0 Å². The number of hydrogen-bond donors (Lipinski definition) is 1. The number of allylic oxidation sites excluding steroid dienone is 1. The van der Waals surface area contributed by atoms with Gasteiger partial charge in [0, 0.05) is 30.8 Å². The molecule has 0 spiro atoms. The van der Waals surface area contributed by atoms with Crippen molar-refractivity contribution in [1.82, 2.24) is 0 Å². The minimum absolute atomic E-state index is 0.0414. The van der Waals surface area contributed by atoms with Gasteiger partial charge in [0.05, 0.1) is 18.5 Å². The quantitative estimate of drug-likeness (QED) is 0.476. The fourth-order valence-electron chi connectivity index (χ4n) is 3.06. The molecule has 0 saturated heterocycles. The van der Waals surface area contributed by atoms with E-state index in [2.05, 4.69) is 0 Å². The molecule has 0 amide bonds. The lowest BCUT2D eigenvalue weighted by molar-refractivity contribution is 0.103. The maximum atomic E-state index is 13.1. The lowest BCUT2D eigenvalue weighted by atomic mass is 9.97. The molecule has 6 heteroatoms. The highest BCUT2D eigenvalue weighted by atomic mass is 16.7. The highest BCUT2D eigenvalue weighted by molar-refractivity contribution is 6.12. The summed E-state index contributed by atoms with van der Waals surface area (Å²) in [6.45, 7) is 2.12. The van der Waals surface area contributed by atoms with Crippen molar-refractivity contribution in [2.75, 3.05) is 38.6 Å². The molecule has 0 bridgehead atoms. The van der Waals surface area contributed by atoms with Crippen molar-refractivity contribution in [2.24, 2.45) is 0 Å². The lowest BCUT2D eigenvalue weighted by Crippen LogP contribution is -2.13. The Hall–Kier alpha value is -3.15. The van der Waals surface area contributed by atoms with Crippen LogP contribution in [0.5, 0.6) is 17.2 Å². The van der Waals surface area contributed by atoms with Gasteiger partial charge in [-0.2, -0.15) is 0 Å². The van der Waals surface area contributed by atoms with Gasteiger partial charge in [-0.25, -0.2) is 0 Å². The van der Waals surface area contributed by atoms with Crippen LogP contribution in [0, 0.1) is 0 Å². The average Bonchev–Trinajstić information content (AvgIpc) is 3.14. The third-order valence-corrected chi connectivity index (χ3v) is 4.51. The van der Waals surface area contributed by atoms with E-state index in [0.717, 1.165) is 11.3 Å². The summed E-state index contributed by atoms with van der Waals surface area (Å²) >= 11 is 0. The van der Waals surface area contributed by atoms with E-state index in [9.17, 15) is 4.79 Å². The predicted octanol–water partition coefficient (Wildman–Crippen LogP) is 3.75. The van der Waals surface area contributed by atoms with Crippen LogP contribution in [0.3, 0.4) is 0 Å². The van der Waals surface area contributed by atoms with Crippen molar-refractivity contribution in [1.29, 1.82) is 0 Å². The Kier molecular flexibility index (Phi) is 5.26. The molecule has 0 aromatic heterocycles. The van der Waals surface area contributed by atoms with E-state index in [1.165, 1.54) is 0 Å². The highest BCUT2D eigenvalue weighted by Gasteiger charge is 2.22. The van der Waals surface area contributed by atoms with Crippen molar-refractivity contribution in [2.45, 2.75) is 13.3 Å². The predicted molar refractivity (Wildman–Crippen MR) is 107 cm³/mol. The number of rotatable bonds is 6. The molecule has 0 radical (unpaired) electrons. The molecule has 27 heavy (non-hydrogen) atoms. The van der Waals surface area contributed by atoms with Crippen molar-refractivity contribution in [3.63, 3.8) is 0 Å². The third kappa shape index (κ3) is 3.56. The highest BCUT2D eigenvalue weighted by Crippen LogP contribution is 2.44. The zero-order valence-electron chi connectivity index (χ0n) is 16.0. The Labute approximate surface area is 159 Å². The van der Waals surface area contributed by atoms with Gasteiger partial charge >= 0.3 is 0 Å². The van der Waals surface area contributed by atoms with Crippen LogP contribution in [0.2, 0.25) is 0 Å². The molecule has 1 heterocycles. The normalized spacial score (nSPS) is 12.8. The summed E-state index contributed by atoms with van der Waals surface area (Å²) in [5, 5.41) is 0. The molecular formula is C21H24N2O4. The number of ether oxygens (including phenoxy) is 3. The second-order valence-electron chi connectivity index (χ2n) is 6.44. The molecule has 0 unspecified atom stereocenters. The van der Waals surface area contributed by atoms with Crippen LogP contribution in [0.15, 0.2) is 35.9 Å². The molecule has 1 aliphatic heterocycles. The monoisotopic (exact) mass is 368 g/mol. The van der Waals surface area contributed by atoms with Crippen LogP contribution in [-0.4, -0.2) is 33.8 Å². The molecule has 2 N–H and O–H groups in total. The zero-order valence-corrected chi connectivity index (χ0v) is 16.0. The first-order chi connectivity index (χ1) is 13.0. The number of nitrogens with zero attached hydrogens (tertiary/aromatic N) is 1. The summed E-state index contributed by atoms with van der Waals surface area (Å²) in [4.78, 5) is 15.0. The van der Waals surface area contributed by atoms with Crippen molar-refractivity contribution < 1.29 is 19.0 Å². The molecule has 3 rings (SSSR count). The average molecular weight is 368 g/mol. The molecule has 1 aliphatic rings. The first-order valence-electron chi connectivity index (χ1n) is 8.75. The van der Waals surface area contributed by atoms with E-state index in [-0.39, 0.29) is 12.6 Å². The minimum atomic E-state index is -0.0414. The first-order valence-corrected chi connectivity index (χ1v) is 8.75. The molecule has 0 atom stereocenters. The number of nitrogen functional groups attached to an aromatic ring is 1. The van der Waals surface area contributed by atoms with Crippen molar-refractivity contribution in [3.05, 3.63) is 47.0 Å². The van der Waals surface area contributed by atoms with Gasteiger partial charge in [-0.1, -0.05) is 6.92 Å². The summed E-state index contributed by atoms with van der Waals surface area (Å²) in [5.41, 5.74) is 9.49. The summed E-state index contributed by atoms with van der Waals surface area (Å²) in [5.74, 6) is 1.73. The number of hydrogen-bond acceptors (Lipinski definition) is 6.